The van der Waals surface area contributed by atoms with Crippen LogP contribution >= 0.6 is 11.3 Å². The van der Waals surface area contributed by atoms with Gasteiger partial charge in [0, 0.05) is 24.0 Å². The van der Waals surface area contributed by atoms with E-state index in [0.29, 0.717) is 6.04 Å². The minimum Gasteiger partial charge on any atom is -0.392 e. The summed E-state index contributed by atoms with van der Waals surface area (Å²) in [6.07, 6.45) is 0.626. The largest absolute Gasteiger partial charge is 0.392 e. The van der Waals surface area contributed by atoms with Gasteiger partial charge in [-0.3, -0.25) is 4.90 Å². The van der Waals surface area contributed by atoms with Crippen LogP contribution in [0.3, 0.4) is 0 Å². The van der Waals surface area contributed by atoms with Gasteiger partial charge in [0.2, 0.25) is 0 Å². The van der Waals surface area contributed by atoms with Gasteiger partial charge >= 0.3 is 0 Å². The monoisotopic (exact) mass is 227 g/mol. The maximum absolute atomic E-state index is 9.67. The quantitative estimate of drug-likeness (QED) is 0.807. The van der Waals surface area contributed by atoms with E-state index in [-0.39, 0.29) is 6.10 Å². The number of nitrogens with zero attached hydrogens (tertiary/aromatic N) is 1. The molecule has 0 aliphatic heterocycles. The minimum absolute atomic E-state index is 0.202. The third kappa shape index (κ3) is 4.33. The molecule has 86 valence electrons. The number of hydrogen-bond acceptors (Lipinski definition) is 3. The second-order valence-electron chi connectivity index (χ2n) is 4.16. The van der Waals surface area contributed by atoms with Crippen LogP contribution in [0.2, 0.25) is 0 Å². The average molecular weight is 227 g/mol. The molecule has 1 rings (SSSR count). The van der Waals surface area contributed by atoms with E-state index >= 15 is 0 Å². The lowest BCUT2D eigenvalue weighted by Gasteiger charge is -2.27. The van der Waals surface area contributed by atoms with Crippen molar-refractivity contribution in [3.8, 4) is 0 Å². The van der Waals surface area contributed by atoms with Gasteiger partial charge in [-0.1, -0.05) is 13.0 Å². The Morgan fingerprint density at radius 2 is 2.20 bits per heavy atom. The van der Waals surface area contributed by atoms with Crippen molar-refractivity contribution in [3.05, 3.63) is 22.4 Å². The fourth-order valence-corrected chi connectivity index (χ4v) is 2.19. The molecule has 0 spiro atoms. The first kappa shape index (κ1) is 12.7. The first-order chi connectivity index (χ1) is 7.13. The predicted molar refractivity (Wildman–Crippen MR) is 66.2 cm³/mol. The molecule has 0 bridgehead atoms. The zero-order chi connectivity index (χ0) is 11.3. The Morgan fingerprint density at radius 1 is 1.47 bits per heavy atom. The first-order valence-corrected chi connectivity index (χ1v) is 6.46. The number of hydrogen-bond donors (Lipinski definition) is 1. The molecule has 1 atom stereocenters. The summed E-state index contributed by atoms with van der Waals surface area (Å²) in [7, 11) is 0. The van der Waals surface area contributed by atoms with E-state index in [4.69, 9.17) is 0 Å². The van der Waals surface area contributed by atoms with E-state index in [1.54, 1.807) is 11.3 Å². The first-order valence-electron chi connectivity index (χ1n) is 5.58. The van der Waals surface area contributed by atoms with Crippen molar-refractivity contribution in [2.75, 3.05) is 6.54 Å². The molecule has 0 aliphatic rings. The molecule has 15 heavy (non-hydrogen) atoms. The molecule has 1 unspecified atom stereocenters. The van der Waals surface area contributed by atoms with Crippen LogP contribution in [0.15, 0.2) is 17.5 Å². The van der Waals surface area contributed by atoms with Crippen molar-refractivity contribution in [1.29, 1.82) is 0 Å². The van der Waals surface area contributed by atoms with Crippen LogP contribution < -0.4 is 0 Å². The van der Waals surface area contributed by atoms with Gasteiger partial charge in [0.05, 0.1) is 6.10 Å². The highest BCUT2D eigenvalue weighted by Gasteiger charge is 2.14. The molecule has 1 aromatic heterocycles. The zero-order valence-corrected chi connectivity index (χ0v) is 10.6. The van der Waals surface area contributed by atoms with Crippen LogP contribution in [0.1, 0.15) is 32.1 Å². The Labute approximate surface area is 96.5 Å². The minimum atomic E-state index is -0.202. The Morgan fingerprint density at radius 3 is 2.67 bits per heavy atom. The van der Waals surface area contributed by atoms with E-state index < -0.39 is 0 Å². The van der Waals surface area contributed by atoms with Crippen molar-refractivity contribution >= 4 is 11.3 Å². The standard InChI is InChI=1S/C12H21NOS/c1-4-11(14)8-13(10(2)3)9-12-6-5-7-15-12/h5-7,10-11,14H,4,8-9H2,1-3H3. The van der Waals surface area contributed by atoms with Gasteiger partial charge in [-0.15, -0.1) is 11.3 Å². The van der Waals surface area contributed by atoms with Crippen molar-refractivity contribution < 1.29 is 5.11 Å². The van der Waals surface area contributed by atoms with Gasteiger partial charge in [0.1, 0.15) is 0 Å². The third-order valence-corrected chi connectivity index (χ3v) is 3.45. The Kier molecular flexibility index (Phi) is 5.29. The molecule has 0 saturated carbocycles. The lowest BCUT2D eigenvalue weighted by atomic mass is 10.2. The summed E-state index contributed by atoms with van der Waals surface area (Å²) < 4.78 is 0. The van der Waals surface area contributed by atoms with Gasteiger partial charge in [-0.2, -0.15) is 0 Å². The van der Waals surface area contributed by atoms with Gasteiger partial charge in [0.15, 0.2) is 0 Å². The highest BCUT2D eigenvalue weighted by atomic mass is 32.1. The second kappa shape index (κ2) is 6.26. The topological polar surface area (TPSA) is 23.5 Å². The predicted octanol–water partition coefficient (Wildman–Crippen LogP) is 2.73. The normalized spacial score (nSPS) is 13.7. The SMILES string of the molecule is CCC(O)CN(Cc1cccs1)C(C)C. The van der Waals surface area contributed by atoms with E-state index in [1.165, 1.54) is 4.88 Å². The molecular weight excluding hydrogens is 206 g/mol. The number of aliphatic hydroxyl groups is 1. The van der Waals surface area contributed by atoms with Crippen LogP contribution in [0.25, 0.3) is 0 Å². The fraction of sp³-hybridized carbons (Fsp3) is 0.667. The highest BCUT2D eigenvalue weighted by molar-refractivity contribution is 7.09. The molecule has 0 aromatic carbocycles. The molecule has 0 radical (unpaired) electrons. The molecule has 2 nitrogen and oxygen atoms in total. The lowest BCUT2D eigenvalue weighted by Crippen LogP contribution is -2.36. The van der Waals surface area contributed by atoms with Crippen LogP contribution in [-0.4, -0.2) is 28.7 Å². The summed E-state index contributed by atoms with van der Waals surface area (Å²) in [4.78, 5) is 3.69. The summed E-state index contributed by atoms with van der Waals surface area (Å²) in [5.41, 5.74) is 0. The van der Waals surface area contributed by atoms with Crippen LogP contribution in [0, 0.1) is 0 Å². The number of thiophene rings is 1. The third-order valence-electron chi connectivity index (χ3n) is 2.59. The number of aliphatic hydroxyl groups excluding tert-OH is 1. The van der Waals surface area contributed by atoms with Crippen molar-refractivity contribution in [1.82, 2.24) is 4.90 Å². The Balaban J connectivity index is 2.51. The van der Waals surface area contributed by atoms with E-state index in [9.17, 15) is 5.11 Å². The van der Waals surface area contributed by atoms with Gasteiger partial charge < -0.3 is 5.11 Å². The smallest absolute Gasteiger partial charge is 0.0664 e. The zero-order valence-electron chi connectivity index (χ0n) is 9.81. The highest BCUT2D eigenvalue weighted by Crippen LogP contribution is 2.14. The molecule has 0 amide bonds. The molecular formula is C12H21NOS. The molecule has 0 saturated heterocycles. The average Bonchev–Trinajstić information content (AvgIpc) is 2.69. The van der Waals surface area contributed by atoms with Crippen LogP contribution in [-0.2, 0) is 6.54 Å². The van der Waals surface area contributed by atoms with E-state index in [0.717, 1.165) is 19.5 Å². The van der Waals surface area contributed by atoms with Crippen molar-refractivity contribution in [2.45, 2.75) is 45.9 Å². The maximum atomic E-state index is 9.67. The van der Waals surface area contributed by atoms with E-state index in [2.05, 4.69) is 36.3 Å². The molecule has 3 heteroatoms. The van der Waals surface area contributed by atoms with Gasteiger partial charge in [0.25, 0.3) is 0 Å². The Hall–Kier alpha value is -0.380. The van der Waals surface area contributed by atoms with Crippen LogP contribution in [0.5, 0.6) is 0 Å². The molecule has 0 fully saturated rings. The summed E-state index contributed by atoms with van der Waals surface area (Å²) in [5, 5.41) is 11.8. The summed E-state index contributed by atoms with van der Waals surface area (Å²) >= 11 is 1.78. The van der Waals surface area contributed by atoms with Gasteiger partial charge in [-0.25, -0.2) is 0 Å². The molecule has 1 N–H and O–H groups in total. The summed E-state index contributed by atoms with van der Waals surface area (Å²) in [6.45, 7) is 8.10. The fourth-order valence-electron chi connectivity index (χ4n) is 1.46. The Bertz CT molecular complexity index is 259. The van der Waals surface area contributed by atoms with Crippen molar-refractivity contribution in [2.24, 2.45) is 0 Å². The summed E-state index contributed by atoms with van der Waals surface area (Å²) in [6, 6.07) is 4.71. The van der Waals surface area contributed by atoms with Gasteiger partial charge in [-0.05, 0) is 31.7 Å². The summed E-state index contributed by atoms with van der Waals surface area (Å²) in [5.74, 6) is 0. The van der Waals surface area contributed by atoms with Crippen molar-refractivity contribution in [3.63, 3.8) is 0 Å². The number of rotatable bonds is 6. The molecule has 1 aromatic rings. The van der Waals surface area contributed by atoms with E-state index in [1.807, 2.05) is 6.92 Å². The molecule has 0 aliphatic carbocycles. The van der Waals surface area contributed by atoms with Crippen LogP contribution in [0.4, 0.5) is 0 Å². The molecule has 1 heterocycles. The lowest BCUT2D eigenvalue weighted by molar-refractivity contribution is 0.0888. The maximum Gasteiger partial charge on any atom is 0.0664 e. The second-order valence-corrected chi connectivity index (χ2v) is 5.20.